The second-order valence-corrected chi connectivity index (χ2v) is 9.17. The molecule has 0 spiro atoms. The Kier molecular flexibility index (Phi) is 6.61. The average Bonchev–Trinajstić information content (AvgIpc) is 3.28. The average molecular weight is 471 g/mol. The first-order valence-electron chi connectivity index (χ1n) is 12.2. The minimum Gasteiger partial charge on any atom is -0.356 e. The van der Waals surface area contributed by atoms with Gasteiger partial charge in [0, 0.05) is 54.9 Å². The van der Waals surface area contributed by atoms with Crippen LogP contribution in [0.2, 0.25) is 0 Å². The molecule has 0 unspecified atom stereocenters. The van der Waals surface area contributed by atoms with Crippen LogP contribution in [0.4, 0.5) is 28.8 Å². The lowest BCUT2D eigenvalue weighted by atomic mass is 10.1. The number of piperidine rings is 1. The summed E-state index contributed by atoms with van der Waals surface area (Å²) in [6.45, 7) is 4.42. The SMILES string of the molecule is Cc1cc(N2CCCCC2)nc(Nc2ccc(NC(=O)[C@H]3CC(=O)N(c4ccccc4)C3)cc2)n1. The normalized spacial score (nSPS) is 18.0. The van der Waals surface area contributed by atoms with E-state index in [4.69, 9.17) is 4.98 Å². The summed E-state index contributed by atoms with van der Waals surface area (Å²) >= 11 is 0. The first-order chi connectivity index (χ1) is 17.0. The van der Waals surface area contributed by atoms with Crippen molar-refractivity contribution in [3.63, 3.8) is 0 Å². The third-order valence-electron chi connectivity index (χ3n) is 6.49. The third-order valence-corrected chi connectivity index (χ3v) is 6.49. The molecule has 1 aromatic heterocycles. The molecule has 8 heteroatoms. The van der Waals surface area contributed by atoms with Gasteiger partial charge in [-0.15, -0.1) is 0 Å². The fourth-order valence-corrected chi connectivity index (χ4v) is 4.64. The number of para-hydroxylation sites is 1. The van der Waals surface area contributed by atoms with Gasteiger partial charge in [-0.25, -0.2) is 4.98 Å². The summed E-state index contributed by atoms with van der Waals surface area (Å²) in [6, 6.07) is 18.9. The number of rotatable bonds is 6. The van der Waals surface area contributed by atoms with E-state index in [1.807, 2.05) is 67.6 Å². The fourth-order valence-electron chi connectivity index (χ4n) is 4.64. The van der Waals surface area contributed by atoms with Crippen LogP contribution in [0, 0.1) is 12.8 Å². The van der Waals surface area contributed by atoms with Crippen molar-refractivity contribution in [2.45, 2.75) is 32.6 Å². The molecule has 2 aliphatic heterocycles. The predicted molar refractivity (Wildman–Crippen MR) is 138 cm³/mol. The maximum absolute atomic E-state index is 12.8. The number of aromatic nitrogens is 2. The van der Waals surface area contributed by atoms with Crippen LogP contribution in [0.5, 0.6) is 0 Å². The van der Waals surface area contributed by atoms with Crippen LogP contribution in [-0.4, -0.2) is 41.4 Å². The monoisotopic (exact) mass is 470 g/mol. The van der Waals surface area contributed by atoms with Crippen LogP contribution in [0.15, 0.2) is 60.7 Å². The van der Waals surface area contributed by atoms with Crippen LogP contribution >= 0.6 is 0 Å². The Labute approximate surface area is 205 Å². The third kappa shape index (κ3) is 5.42. The largest absolute Gasteiger partial charge is 0.356 e. The molecule has 3 aromatic rings. The Hall–Kier alpha value is -3.94. The summed E-state index contributed by atoms with van der Waals surface area (Å²) in [6.07, 6.45) is 3.87. The van der Waals surface area contributed by atoms with Gasteiger partial charge in [-0.05, 0) is 62.6 Å². The molecule has 5 rings (SSSR count). The smallest absolute Gasteiger partial charge is 0.229 e. The number of hydrogen-bond donors (Lipinski definition) is 2. The molecule has 0 saturated carbocycles. The van der Waals surface area contributed by atoms with Crippen molar-refractivity contribution in [1.82, 2.24) is 9.97 Å². The summed E-state index contributed by atoms with van der Waals surface area (Å²) in [7, 11) is 0. The van der Waals surface area contributed by atoms with Crippen LogP contribution < -0.4 is 20.4 Å². The molecule has 0 bridgehead atoms. The van der Waals surface area contributed by atoms with E-state index >= 15 is 0 Å². The second-order valence-electron chi connectivity index (χ2n) is 9.17. The summed E-state index contributed by atoms with van der Waals surface area (Å²) in [5, 5.41) is 6.22. The highest BCUT2D eigenvalue weighted by atomic mass is 16.2. The molecule has 2 aliphatic rings. The minimum atomic E-state index is -0.380. The summed E-state index contributed by atoms with van der Waals surface area (Å²) in [5.74, 6) is 0.963. The van der Waals surface area contributed by atoms with Crippen LogP contribution in [0.1, 0.15) is 31.4 Å². The number of hydrogen-bond acceptors (Lipinski definition) is 6. The molecule has 8 nitrogen and oxygen atoms in total. The molecule has 2 fully saturated rings. The van der Waals surface area contributed by atoms with Crippen LogP contribution in [0.25, 0.3) is 0 Å². The van der Waals surface area contributed by atoms with E-state index in [0.29, 0.717) is 18.2 Å². The van der Waals surface area contributed by atoms with Crippen molar-refractivity contribution in [2.75, 3.05) is 40.1 Å². The van der Waals surface area contributed by atoms with Crippen molar-refractivity contribution in [1.29, 1.82) is 0 Å². The number of benzene rings is 2. The van der Waals surface area contributed by atoms with Crippen molar-refractivity contribution < 1.29 is 9.59 Å². The molecular weight excluding hydrogens is 440 g/mol. The molecule has 3 heterocycles. The Morgan fingerprint density at radius 2 is 1.66 bits per heavy atom. The van der Waals surface area contributed by atoms with Gasteiger partial charge in [-0.1, -0.05) is 18.2 Å². The number of amides is 2. The predicted octanol–water partition coefficient (Wildman–Crippen LogP) is 4.51. The van der Waals surface area contributed by atoms with E-state index in [2.05, 4.69) is 20.5 Å². The molecule has 35 heavy (non-hydrogen) atoms. The quantitative estimate of drug-likeness (QED) is 0.551. The second kappa shape index (κ2) is 10.1. The van der Waals surface area contributed by atoms with Crippen molar-refractivity contribution >= 4 is 40.6 Å². The summed E-state index contributed by atoms with van der Waals surface area (Å²) in [4.78, 5) is 38.5. The zero-order valence-corrected chi connectivity index (χ0v) is 19.9. The fraction of sp³-hybridized carbons (Fsp3) is 0.333. The molecule has 2 saturated heterocycles. The van der Waals surface area contributed by atoms with E-state index in [0.717, 1.165) is 36.0 Å². The first kappa shape index (κ1) is 22.8. The molecule has 0 radical (unpaired) electrons. The molecule has 180 valence electrons. The first-order valence-corrected chi connectivity index (χ1v) is 12.2. The molecular formula is C27H30N6O2. The van der Waals surface area contributed by atoms with E-state index < -0.39 is 0 Å². The maximum atomic E-state index is 12.8. The molecule has 2 amide bonds. The molecule has 2 aromatic carbocycles. The Bertz CT molecular complexity index is 1190. The number of nitrogens with one attached hydrogen (secondary N) is 2. The van der Waals surface area contributed by atoms with E-state index in [1.165, 1.54) is 19.3 Å². The van der Waals surface area contributed by atoms with Gasteiger partial charge in [0.1, 0.15) is 5.82 Å². The summed E-state index contributed by atoms with van der Waals surface area (Å²) in [5.41, 5.74) is 3.27. The lowest BCUT2D eigenvalue weighted by Gasteiger charge is -2.28. The highest BCUT2D eigenvalue weighted by Gasteiger charge is 2.35. The standard InChI is InChI=1S/C27H30N6O2/c1-19-16-24(32-14-6-3-7-15-32)31-27(28-19)30-22-12-10-21(11-13-22)29-26(35)20-17-25(34)33(18-20)23-8-4-2-5-9-23/h2,4-5,8-13,16,20H,3,6-7,14-15,17-18H2,1H3,(H,29,35)(H,28,30,31)/t20-/m0/s1. The van der Waals surface area contributed by atoms with Gasteiger partial charge in [-0.3, -0.25) is 9.59 Å². The number of anilines is 5. The summed E-state index contributed by atoms with van der Waals surface area (Å²) < 4.78 is 0. The van der Waals surface area contributed by atoms with Crippen LogP contribution in [0.3, 0.4) is 0 Å². The Balaban J connectivity index is 1.20. The minimum absolute atomic E-state index is 0.0297. The van der Waals surface area contributed by atoms with Gasteiger partial charge < -0.3 is 20.4 Å². The number of nitrogens with zero attached hydrogens (tertiary/aromatic N) is 4. The number of aryl methyl sites for hydroxylation is 1. The number of carbonyl (C=O) groups is 2. The van der Waals surface area contributed by atoms with Gasteiger partial charge in [0.25, 0.3) is 0 Å². The Morgan fingerprint density at radius 1 is 0.943 bits per heavy atom. The lowest BCUT2D eigenvalue weighted by molar-refractivity contribution is -0.122. The van der Waals surface area contributed by atoms with Crippen molar-refractivity contribution in [3.8, 4) is 0 Å². The number of carbonyl (C=O) groups excluding carboxylic acids is 2. The van der Waals surface area contributed by atoms with Gasteiger partial charge in [0.15, 0.2) is 0 Å². The lowest BCUT2D eigenvalue weighted by Crippen LogP contribution is -2.30. The molecule has 2 N–H and O–H groups in total. The topological polar surface area (TPSA) is 90.5 Å². The van der Waals surface area contributed by atoms with Crippen LogP contribution in [-0.2, 0) is 9.59 Å². The molecule has 0 aliphatic carbocycles. The zero-order valence-electron chi connectivity index (χ0n) is 19.9. The zero-order chi connectivity index (χ0) is 24.2. The maximum Gasteiger partial charge on any atom is 0.229 e. The van der Waals surface area contributed by atoms with Gasteiger partial charge >= 0.3 is 0 Å². The highest BCUT2D eigenvalue weighted by Crippen LogP contribution is 2.27. The van der Waals surface area contributed by atoms with Gasteiger partial charge in [0.05, 0.1) is 5.92 Å². The van der Waals surface area contributed by atoms with E-state index in [1.54, 1.807) is 4.90 Å². The van der Waals surface area contributed by atoms with E-state index in [-0.39, 0.29) is 24.2 Å². The van der Waals surface area contributed by atoms with E-state index in [9.17, 15) is 9.59 Å². The Morgan fingerprint density at radius 3 is 2.40 bits per heavy atom. The van der Waals surface area contributed by atoms with Gasteiger partial charge in [0.2, 0.25) is 17.8 Å². The van der Waals surface area contributed by atoms with Gasteiger partial charge in [-0.2, -0.15) is 4.98 Å². The van der Waals surface area contributed by atoms with Crippen molar-refractivity contribution in [3.05, 3.63) is 66.4 Å². The van der Waals surface area contributed by atoms with Crippen molar-refractivity contribution in [2.24, 2.45) is 5.92 Å². The highest BCUT2D eigenvalue weighted by molar-refractivity contribution is 6.03. The molecule has 1 atom stereocenters.